The molecule has 1 aromatic heterocycles. The van der Waals surface area contributed by atoms with Gasteiger partial charge in [0.2, 0.25) is 5.88 Å². The lowest BCUT2D eigenvalue weighted by Gasteiger charge is -2.15. The number of ether oxygens (including phenoxy) is 4. The first kappa shape index (κ1) is 20.7. The minimum absolute atomic E-state index is 0.335. The predicted octanol–water partition coefficient (Wildman–Crippen LogP) is 3.22. The molecular formula is C21H27NO5. The fourth-order valence-corrected chi connectivity index (χ4v) is 2.54. The van der Waals surface area contributed by atoms with Crippen LogP contribution in [0.1, 0.15) is 25.0 Å². The van der Waals surface area contributed by atoms with Crippen molar-refractivity contribution in [2.45, 2.75) is 32.8 Å². The van der Waals surface area contributed by atoms with E-state index in [4.69, 9.17) is 18.9 Å². The SMILES string of the molecule is CCOC(=O)C(Cc1ccc(OCCc2ccc(OC)cc2)nc1)OCC. The molecule has 146 valence electrons. The van der Waals surface area contributed by atoms with Crippen molar-refractivity contribution in [3.05, 3.63) is 53.7 Å². The maximum atomic E-state index is 11.9. The molecule has 1 aromatic carbocycles. The molecule has 0 aliphatic carbocycles. The van der Waals surface area contributed by atoms with Crippen molar-refractivity contribution in [3.63, 3.8) is 0 Å². The van der Waals surface area contributed by atoms with Crippen molar-refractivity contribution in [3.8, 4) is 11.6 Å². The summed E-state index contributed by atoms with van der Waals surface area (Å²) >= 11 is 0. The van der Waals surface area contributed by atoms with Crippen LogP contribution in [0.5, 0.6) is 11.6 Å². The van der Waals surface area contributed by atoms with E-state index in [1.807, 2.05) is 37.3 Å². The van der Waals surface area contributed by atoms with E-state index in [0.717, 1.165) is 17.7 Å². The lowest BCUT2D eigenvalue weighted by atomic mass is 10.1. The van der Waals surface area contributed by atoms with Crippen molar-refractivity contribution < 1.29 is 23.7 Å². The zero-order chi connectivity index (χ0) is 19.5. The van der Waals surface area contributed by atoms with Gasteiger partial charge in [0, 0.05) is 31.7 Å². The number of pyridine rings is 1. The molecule has 27 heavy (non-hydrogen) atoms. The molecule has 0 bridgehead atoms. The van der Waals surface area contributed by atoms with Gasteiger partial charge < -0.3 is 18.9 Å². The van der Waals surface area contributed by atoms with Crippen LogP contribution in [0.2, 0.25) is 0 Å². The second-order valence-electron chi connectivity index (χ2n) is 5.85. The third-order valence-corrected chi connectivity index (χ3v) is 3.94. The van der Waals surface area contributed by atoms with Gasteiger partial charge in [0.25, 0.3) is 0 Å². The molecular weight excluding hydrogens is 346 g/mol. The number of hydrogen-bond donors (Lipinski definition) is 0. The Balaban J connectivity index is 1.83. The molecule has 2 rings (SSSR count). The van der Waals surface area contributed by atoms with Gasteiger partial charge in [-0.15, -0.1) is 0 Å². The van der Waals surface area contributed by atoms with Crippen molar-refractivity contribution >= 4 is 5.97 Å². The lowest BCUT2D eigenvalue weighted by Crippen LogP contribution is -2.29. The summed E-state index contributed by atoms with van der Waals surface area (Å²) in [4.78, 5) is 16.2. The van der Waals surface area contributed by atoms with Gasteiger partial charge in [0.05, 0.1) is 20.3 Å². The number of methoxy groups -OCH3 is 1. The molecule has 1 heterocycles. The van der Waals surface area contributed by atoms with E-state index in [1.165, 1.54) is 5.56 Å². The van der Waals surface area contributed by atoms with Crippen molar-refractivity contribution in [2.24, 2.45) is 0 Å². The van der Waals surface area contributed by atoms with Gasteiger partial charge in [0.1, 0.15) is 5.75 Å². The minimum Gasteiger partial charge on any atom is -0.497 e. The van der Waals surface area contributed by atoms with Crippen LogP contribution < -0.4 is 9.47 Å². The molecule has 0 spiro atoms. The van der Waals surface area contributed by atoms with Crippen LogP contribution >= 0.6 is 0 Å². The summed E-state index contributed by atoms with van der Waals surface area (Å²) in [6.45, 7) is 4.94. The maximum Gasteiger partial charge on any atom is 0.335 e. The highest BCUT2D eigenvalue weighted by Crippen LogP contribution is 2.14. The van der Waals surface area contributed by atoms with Gasteiger partial charge >= 0.3 is 5.97 Å². The monoisotopic (exact) mass is 373 g/mol. The van der Waals surface area contributed by atoms with E-state index in [2.05, 4.69) is 4.98 Å². The summed E-state index contributed by atoms with van der Waals surface area (Å²) in [7, 11) is 1.65. The maximum absolute atomic E-state index is 11.9. The highest BCUT2D eigenvalue weighted by molar-refractivity contribution is 5.75. The molecule has 1 atom stereocenters. The second kappa shape index (κ2) is 11.2. The minimum atomic E-state index is -0.612. The number of benzene rings is 1. The number of rotatable bonds is 11. The van der Waals surface area contributed by atoms with E-state index < -0.39 is 6.10 Å². The molecule has 2 aromatic rings. The van der Waals surface area contributed by atoms with Gasteiger partial charge in [-0.05, 0) is 37.1 Å². The third kappa shape index (κ3) is 6.90. The Morgan fingerprint density at radius 2 is 1.78 bits per heavy atom. The van der Waals surface area contributed by atoms with Crippen LogP contribution in [0, 0.1) is 0 Å². The molecule has 0 radical (unpaired) electrons. The highest BCUT2D eigenvalue weighted by atomic mass is 16.6. The van der Waals surface area contributed by atoms with E-state index in [1.54, 1.807) is 26.3 Å². The quantitative estimate of drug-likeness (QED) is 0.564. The van der Waals surface area contributed by atoms with E-state index in [0.29, 0.717) is 32.1 Å². The Bertz CT molecular complexity index is 685. The molecule has 6 nitrogen and oxygen atoms in total. The van der Waals surface area contributed by atoms with Crippen molar-refractivity contribution in [1.82, 2.24) is 4.98 Å². The summed E-state index contributed by atoms with van der Waals surface area (Å²) in [5, 5.41) is 0. The molecule has 0 saturated heterocycles. The first-order valence-corrected chi connectivity index (χ1v) is 9.15. The van der Waals surface area contributed by atoms with Crippen LogP contribution in [-0.2, 0) is 27.1 Å². The Labute approximate surface area is 160 Å². The van der Waals surface area contributed by atoms with Crippen LogP contribution in [0.15, 0.2) is 42.6 Å². The number of hydrogen-bond acceptors (Lipinski definition) is 6. The number of carbonyl (C=O) groups excluding carboxylic acids is 1. The van der Waals surface area contributed by atoms with E-state index >= 15 is 0 Å². The van der Waals surface area contributed by atoms with Gasteiger partial charge in [-0.25, -0.2) is 9.78 Å². The standard InChI is InChI=1S/C21H27NO5/c1-4-25-19(21(23)26-5-2)14-17-8-11-20(22-15-17)27-13-12-16-6-9-18(24-3)10-7-16/h6-11,15,19H,4-5,12-14H2,1-3H3. The number of esters is 1. The average Bonchev–Trinajstić information content (AvgIpc) is 2.69. The van der Waals surface area contributed by atoms with E-state index in [-0.39, 0.29) is 5.97 Å². The Kier molecular flexibility index (Phi) is 8.58. The summed E-state index contributed by atoms with van der Waals surface area (Å²) in [5.74, 6) is 1.04. The zero-order valence-corrected chi connectivity index (χ0v) is 16.1. The van der Waals surface area contributed by atoms with Crippen LogP contribution in [0.3, 0.4) is 0 Å². The smallest absolute Gasteiger partial charge is 0.335 e. The first-order chi connectivity index (χ1) is 13.2. The van der Waals surface area contributed by atoms with Crippen LogP contribution in [-0.4, -0.2) is 44.0 Å². The summed E-state index contributed by atoms with van der Waals surface area (Å²) in [5.41, 5.74) is 2.06. The van der Waals surface area contributed by atoms with Crippen LogP contribution in [0.25, 0.3) is 0 Å². The molecule has 0 aliphatic rings. The first-order valence-electron chi connectivity index (χ1n) is 9.15. The Hall–Kier alpha value is -2.60. The topological polar surface area (TPSA) is 66.9 Å². The Morgan fingerprint density at radius 3 is 2.37 bits per heavy atom. The average molecular weight is 373 g/mol. The third-order valence-electron chi connectivity index (χ3n) is 3.94. The number of nitrogens with zero attached hydrogens (tertiary/aromatic N) is 1. The summed E-state index contributed by atoms with van der Waals surface area (Å²) < 4.78 is 21.4. The molecule has 6 heteroatoms. The van der Waals surface area contributed by atoms with Crippen molar-refractivity contribution in [2.75, 3.05) is 26.9 Å². The van der Waals surface area contributed by atoms with Gasteiger partial charge in [-0.3, -0.25) is 0 Å². The molecule has 0 aliphatic heterocycles. The molecule has 0 saturated carbocycles. The Morgan fingerprint density at radius 1 is 1.04 bits per heavy atom. The zero-order valence-electron chi connectivity index (χ0n) is 16.1. The second-order valence-corrected chi connectivity index (χ2v) is 5.85. The normalized spacial score (nSPS) is 11.7. The van der Waals surface area contributed by atoms with Gasteiger partial charge in [-0.2, -0.15) is 0 Å². The largest absolute Gasteiger partial charge is 0.497 e. The highest BCUT2D eigenvalue weighted by Gasteiger charge is 2.20. The summed E-state index contributed by atoms with van der Waals surface area (Å²) in [6, 6.07) is 11.6. The van der Waals surface area contributed by atoms with Gasteiger partial charge in [-0.1, -0.05) is 18.2 Å². The van der Waals surface area contributed by atoms with Crippen molar-refractivity contribution in [1.29, 1.82) is 0 Å². The molecule has 0 amide bonds. The fraction of sp³-hybridized carbons (Fsp3) is 0.429. The molecule has 0 N–H and O–H groups in total. The number of aromatic nitrogens is 1. The van der Waals surface area contributed by atoms with E-state index in [9.17, 15) is 4.79 Å². The summed E-state index contributed by atoms with van der Waals surface area (Å²) in [6.07, 6.45) is 2.29. The lowest BCUT2D eigenvalue weighted by molar-refractivity contribution is -0.156. The predicted molar refractivity (Wildman–Crippen MR) is 102 cm³/mol. The molecule has 1 unspecified atom stereocenters. The molecule has 0 fully saturated rings. The fourth-order valence-electron chi connectivity index (χ4n) is 2.54. The van der Waals surface area contributed by atoms with Crippen LogP contribution in [0.4, 0.5) is 0 Å². The number of carbonyl (C=O) groups is 1. The van der Waals surface area contributed by atoms with Gasteiger partial charge in [0.15, 0.2) is 6.10 Å².